The highest BCUT2D eigenvalue weighted by molar-refractivity contribution is 6.00. The number of anilines is 1. The summed E-state index contributed by atoms with van der Waals surface area (Å²) in [5, 5.41) is 4.97. The van der Waals surface area contributed by atoms with Crippen LogP contribution >= 0.6 is 0 Å². The molecule has 1 heterocycles. The lowest BCUT2D eigenvalue weighted by Crippen LogP contribution is -2.41. The predicted octanol–water partition coefficient (Wildman–Crippen LogP) is 2.60. The van der Waals surface area contributed by atoms with E-state index in [2.05, 4.69) is 20.6 Å². The van der Waals surface area contributed by atoms with Crippen molar-refractivity contribution in [2.75, 3.05) is 5.32 Å². The molecule has 25 heavy (non-hydrogen) atoms. The van der Waals surface area contributed by atoms with E-state index in [1.54, 1.807) is 6.07 Å². The van der Waals surface area contributed by atoms with Crippen LogP contribution in [0.25, 0.3) is 11.0 Å². The third-order valence-corrected chi connectivity index (χ3v) is 3.55. The molecule has 8 heteroatoms. The molecule has 128 valence electrons. The van der Waals surface area contributed by atoms with Gasteiger partial charge in [-0.15, -0.1) is 0 Å². The Morgan fingerprint density at radius 3 is 2.60 bits per heavy atom. The Labute approximate surface area is 141 Å². The van der Waals surface area contributed by atoms with Crippen LogP contribution in [0.2, 0.25) is 0 Å². The Morgan fingerprint density at radius 1 is 1.12 bits per heavy atom. The van der Waals surface area contributed by atoms with Gasteiger partial charge in [-0.3, -0.25) is 14.9 Å². The number of H-pyrrole nitrogens is 1. The number of carbonyl (C=O) groups excluding carboxylic acids is 2. The van der Waals surface area contributed by atoms with Gasteiger partial charge in [0.25, 0.3) is 5.91 Å². The van der Waals surface area contributed by atoms with Crippen molar-refractivity contribution in [2.24, 2.45) is 0 Å². The Hall–Kier alpha value is -3.29. The number of hydrogen-bond acceptors (Lipinski definition) is 3. The summed E-state index contributed by atoms with van der Waals surface area (Å²) >= 11 is 0. The lowest BCUT2D eigenvalue weighted by molar-refractivity contribution is -0.117. The number of fused-ring (bicyclic) bond motifs is 1. The van der Waals surface area contributed by atoms with Crippen LogP contribution in [0, 0.1) is 11.6 Å². The second-order valence-electron chi connectivity index (χ2n) is 5.42. The summed E-state index contributed by atoms with van der Waals surface area (Å²) < 4.78 is 26.1. The maximum absolute atomic E-state index is 13.2. The summed E-state index contributed by atoms with van der Waals surface area (Å²) in [7, 11) is 0. The second-order valence-corrected chi connectivity index (χ2v) is 5.42. The third kappa shape index (κ3) is 3.63. The van der Waals surface area contributed by atoms with Crippen LogP contribution in [0.4, 0.5) is 14.7 Å². The van der Waals surface area contributed by atoms with Crippen molar-refractivity contribution in [3.05, 3.63) is 59.7 Å². The van der Waals surface area contributed by atoms with Crippen LogP contribution in [0.5, 0.6) is 0 Å². The average Bonchev–Trinajstić information content (AvgIpc) is 2.99. The lowest BCUT2D eigenvalue weighted by atomic mass is 10.2. The quantitative estimate of drug-likeness (QED) is 0.680. The van der Waals surface area contributed by atoms with E-state index in [9.17, 15) is 18.4 Å². The molecule has 3 rings (SSSR count). The molecule has 1 aromatic heterocycles. The van der Waals surface area contributed by atoms with Crippen LogP contribution in [-0.4, -0.2) is 27.8 Å². The van der Waals surface area contributed by atoms with Gasteiger partial charge in [-0.05, 0) is 37.3 Å². The van der Waals surface area contributed by atoms with Gasteiger partial charge in [-0.25, -0.2) is 13.8 Å². The summed E-state index contributed by atoms with van der Waals surface area (Å²) in [5.41, 5.74) is 1.37. The molecule has 3 N–H and O–H groups in total. The predicted molar refractivity (Wildman–Crippen MR) is 88.0 cm³/mol. The van der Waals surface area contributed by atoms with E-state index in [0.717, 1.165) is 23.7 Å². The highest BCUT2D eigenvalue weighted by Gasteiger charge is 2.18. The first-order valence-electron chi connectivity index (χ1n) is 7.45. The number of aromatic nitrogens is 2. The minimum Gasteiger partial charge on any atom is -0.341 e. The molecular weight excluding hydrogens is 330 g/mol. The molecule has 0 aliphatic carbocycles. The van der Waals surface area contributed by atoms with Crippen LogP contribution in [0.1, 0.15) is 17.3 Å². The molecule has 0 aliphatic heterocycles. The van der Waals surface area contributed by atoms with Crippen LogP contribution in [0.15, 0.2) is 42.5 Å². The van der Waals surface area contributed by atoms with Gasteiger partial charge in [-0.1, -0.05) is 12.1 Å². The summed E-state index contributed by atoms with van der Waals surface area (Å²) in [5.74, 6) is -3.12. The minimum atomic E-state index is -1.13. The Morgan fingerprint density at radius 2 is 1.88 bits per heavy atom. The van der Waals surface area contributed by atoms with Gasteiger partial charge in [0.05, 0.1) is 11.0 Å². The van der Waals surface area contributed by atoms with Crippen molar-refractivity contribution in [1.29, 1.82) is 0 Å². The van der Waals surface area contributed by atoms with E-state index in [1.807, 2.05) is 18.2 Å². The molecular formula is C17H14F2N4O2. The Kier molecular flexibility index (Phi) is 4.42. The first-order valence-corrected chi connectivity index (χ1v) is 7.45. The number of benzene rings is 2. The maximum atomic E-state index is 13.2. The van der Waals surface area contributed by atoms with Gasteiger partial charge in [0.2, 0.25) is 11.9 Å². The minimum absolute atomic E-state index is 0.0812. The lowest BCUT2D eigenvalue weighted by Gasteiger charge is -2.13. The van der Waals surface area contributed by atoms with Crippen molar-refractivity contribution in [1.82, 2.24) is 15.3 Å². The SMILES string of the molecule is CC(NC(=O)c1ccc(F)c(F)c1)C(=O)Nc1nc2ccccc2[nH]1. The number of nitrogens with zero attached hydrogens (tertiary/aromatic N) is 1. The molecule has 2 amide bonds. The van der Waals surface area contributed by atoms with Crippen molar-refractivity contribution in [3.63, 3.8) is 0 Å². The number of halogens is 2. The van der Waals surface area contributed by atoms with Gasteiger partial charge in [-0.2, -0.15) is 0 Å². The van der Waals surface area contributed by atoms with Gasteiger partial charge in [0.15, 0.2) is 11.6 Å². The summed E-state index contributed by atoms with van der Waals surface area (Å²) in [6, 6.07) is 9.10. The Bertz CT molecular complexity index is 922. The number of carbonyl (C=O) groups is 2. The zero-order valence-electron chi connectivity index (χ0n) is 13.1. The first kappa shape index (κ1) is 16.6. The summed E-state index contributed by atoms with van der Waals surface area (Å²) in [6.07, 6.45) is 0. The monoisotopic (exact) mass is 344 g/mol. The molecule has 3 aromatic rings. The van der Waals surface area contributed by atoms with E-state index < -0.39 is 29.5 Å². The molecule has 0 saturated heterocycles. The van der Waals surface area contributed by atoms with E-state index in [4.69, 9.17) is 0 Å². The van der Waals surface area contributed by atoms with Crippen molar-refractivity contribution in [2.45, 2.75) is 13.0 Å². The maximum Gasteiger partial charge on any atom is 0.252 e. The highest BCUT2D eigenvalue weighted by Crippen LogP contribution is 2.13. The molecule has 0 radical (unpaired) electrons. The number of nitrogens with one attached hydrogen (secondary N) is 3. The third-order valence-electron chi connectivity index (χ3n) is 3.55. The summed E-state index contributed by atoms with van der Waals surface area (Å²) in [4.78, 5) is 31.3. The molecule has 0 saturated carbocycles. The van der Waals surface area contributed by atoms with E-state index in [0.29, 0.717) is 5.52 Å². The average molecular weight is 344 g/mol. The normalized spacial score (nSPS) is 12.0. The molecule has 1 unspecified atom stereocenters. The number of rotatable bonds is 4. The van der Waals surface area contributed by atoms with Gasteiger partial charge in [0.1, 0.15) is 6.04 Å². The van der Waals surface area contributed by atoms with E-state index >= 15 is 0 Å². The topological polar surface area (TPSA) is 86.9 Å². The first-order chi connectivity index (χ1) is 11.9. The van der Waals surface area contributed by atoms with Crippen molar-refractivity contribution < 1.29 is 18.4 Å². The number of aromatic amines is 1. The van der Waals surface area contributed by atoms with E-state index in [1.165, 1.54) is 6.92 Å². The van der Waals surface area contributed by atoms with Crippen LogP contribution in [-0.2, 0) is 4.79 Å². The number of imidazole rings is 1. The number of hydrogen-bond donors (Lipinski definition) is 3. The second kappa shape index (κ2) is 6.68. The fourth-order valence-corrected chi connectivity index (χ4v) is 2.22. The molecule has 0 spiro atoms. The molecule has 6 nitrogen and oxygen atoms in total. The smallest absolute Gasteiger partial charge is 0.252 e. The van der Waals surface area contributed by atoms with Gasteiger partial charge in [0, 0.05) is 5.56 Å². The fraction of sp³-hybridized carbons (Fsp3) is 0.118. The molecule has 0 fully saturated rings. The van der Waals surface area contributed by atoms with Gasteiger partial charge < -0.3 is 10.3 Å². The molecule has 2 aromatic carbocycles. The largest absolute Gasteiger partial charge is 0.341 e. The van der Waals surface area contributed by atoms with Gasteiger partial charge >= 0.3 is 0 Å². The van der Waals surface area contributed by atoms with Crippen LogP contribution in [0.3, 0.4) is 0 Å². The van der Waals surface area contributed by atoms with Crippen molar-refractivity contribution >= 4 is 28.8 Å². The zero-order chi connectivity index (χ0) is 18.0. The zero-order valence-corrected chi connectivity index (χ0v) is 13.1. The number of para-hydroxylation sites is 2. The molecule has 0 aliphatic rings. The standard InChI is InChI=1S/C17H14F2N4O2/c1-9(20-16(25)10-6-7-11(18)12(19)8-10)15(24)23-17-21-13-4-2-3-5-14(13)22-17/h2-9H,1H3,(H,20,25)(H2,21,22,23,24). The van der Waals surface area contributed by atoms with E-state index in [-0.39, 0.29) is 11.5 Å². The number of amides is 2. The van der Waals surface area contributed by atoms with Crippen LogP contribution < -0.4 is 10.6 Å². The molecule has 1 atom stereocenters. The fourth-order valence-electron chi connectivity index (χ4n) is 2.22. The Balaban J connectivity index is 1.65. The summed E-state index contributed by atoms with van der Waals surface area (Å²) in [6.45, 7) is 1.47. The van der Waals surface area contributed by atoms with Crippen molar-refractivity contribution in [3.8, 4) is 0 Å². The highest BCUT2D eigenvalue weighted by atomic mass is 19.2. The molecule has 0 bridgehead atoms.